The Labute approximate surface area is 124 Å². The summed E-state index contributed by atoms with van der Waals surface area (Å²) in [5.41, 5.74) is 3.21. The number of nitrogens with zero attached hydrogens (tertiary/aromatic N) is 3. The molecule has 2 rings (SSSR count). The molecule has 0 atom stereocenters. The molecule has 1 aromatic carbocycles. The molecule has 20 heavy (non-hydrogen) atoms. The maximum absolute atomic E-state index is 10.6. The van der Waals surface area contributed by atoms with Crippen LogP contribution in [0.4, 0.5) is 11.5 Å². The van der Waals surface area contributed by atoms with E-state index in [1.165, 1.54) is 30.6 Å². The van der Waals surface area contributed by atoms with E-state index < -0.39 is 4.92 Å². The highest BCUT2D eigenvalue weighted by atomic mass is 35.5. The Kier molecular flexibility index (Phi) is 4.49. The van der Waals surface area contributed by atoms with Crippen molar-refractivity contribution in [3.8, 4) is 0 Å². The van der Waals surface area contributed by atoms with Crippen LogP contribution in [-0.4, -0.2) is 16.1 Å². The first kappa shape index (κ1) is 14.2. The van der Waals surface area contributed by atoms with Gasteiger partial charge in [0.15, 0.2) is 5.82 Å². The largest absolute Gasteiger partial charge is 0.270 e. The molecule has 0 aliphatic rings. The van der Waals surface area contributed by atoms with Crippen LogP contribution in [0.15, 0.2) is 41.6 Å². The second kappa shape index (κ2) is 6.31. The van der Waals surface area contributed by atoms with Crippen molar-refractivity contribution >= 4 is 40.9 Å². The van der Waals surface area contributed by atoms with Gasteiger partial charge in [0.05, 0.1) is 21.2 Å². The number of hydrogen-bond donors (Lipinski definition) is 1. The van der Waals surface area contributed by atoms with Gasteiger partial charge in [-0.3, -0.25) is 15.5 Å². The first-order valence-corrected chi connectivity index (χ1v) is 6.16. The minimum atomic E-state index is -0.470. The summed E-state index contributed by atoms with van der Waals surface area (Å²) in [6.45, 7) is 0. The van der Waals surface area contributed by atoms with Gasteiger partial charge in [-0.15, -0.1) is 0 Å². The van der Waals surface area contributed by atoms with Crippen molar-refractivity contribution < 1.29 is 4.92 Å². The number of non-ortho nitro benzene ring substituents is 1. The molecular weight excluding hydrogens is 303 g/mol. The maximum atomic E-state index is 10.6. The molecule has 0 radical (unpaired) electrons. The van der Waals surface area contributed by atoms with Crippen LogP contribution in [0.25, 0.3) is 0 Å². The lowest BCUT2D eigenvalue weighted by Gasteiger charge is -2.01. The van der Waals surface area contributed by atoms with Crippen LogP contribution in [0.5, 0.6) is 0 Å². The lowest BCUT2D eigenvalue weighted by atomic mass is 10.2. The van der Waals surface area contributed by atoms with Crippen molar-refractivity contribution in [2.24, 2.45) is 5.10 Å². The molecule has 0 aliphatic heterocycles. The van der Waals surface area contributed by atoms with Gasteiger partial charge in [-0.25, -0.2) is 4.98 Å². The standard InChI is InChI=1S/C12H8Cl2N4O2/c13-9-5-11(14)12(15-7-9)17-16-6-8-2-1-3-10(4-8)18(19)20/h1-7H,(H,15,17)/b16-6-. The molecule has 0 spiro atoms. The Morgan fingerprint density at radius 3 is 2.85 bits per heavy atom. The van der Waals surface area contributed by atoms with Gasteiger partial charge in [-0.05, 0) is 6.07 Å². The van der Waals surface area contributed by atoms with Crippen LogP contribution in [0.3, 0.4) is 0 Å². The fourth-order valence-corrected chi connectivity index (χ4v) is 1.81. The Hall–Kier alpha value is -2.18. The summed E-state index contributed by atoms with van der Waals surface area (Å²) in [6, 6.07) is 7.61. The highest BCUT2D eigenvalue weighted by Crippen LogP contribution is 2.22. The molecule has 2 aromatic rings. The van der Waals surface area contributed by atoms with Crippen molar-refractivity contribution in [3.63, 3.8) is 0 Å². The topological polar surface area (TPSA) is 80.4 Å². The van der Waals surface area contributed by atoms with Crippen LogP contribution in [0, 0.1) is 10.1 Å². The van der Waals surface area contributed by atoms with E-state index in [9.17, 15) is 10.1 Å². The quantitative estimate of drug-likeness (QED) is 0.530. The zero-order valence-electron chi connectivity index (χ0n) is 9.96. The van der Waals surface area contributed by atoms with E-state index >= 15 is 0 Å². The van der Waals surface area contributed by atoms with Crippen LogP contribution in [0.1, 0.15) is 5.56 Å². The van der Waals surface area contributed by atoms with E-state index in [0.29, 0.717) is 21.4 Å². The highest BCUT2D eigenvalue weighted by molar-refractivity contribution is 6.35. The summed E-state index contributed by atoms with van der Waals surface area (Å²) in [6.07, 6.45) is 2.86. The number of rotatable bonds is 4. The maximum Gasteiger partial charge on any atom is 0.270 e. The predicted octanol–water partition coefficient (Wildman–Crippen LogP) is 3.74. The van der Waals surface area contributed by atoms with Crippen LogP contribution in [0.2, 0.25) is 10.0 Å². The molecule has 0 saturated carbocycles. The second-order valence-electron chi connectivity index (χ2n) is 3.71. The number of anilines is 1. The predicted molar refractivity (Wildman–Crippen MR) is 78.6 cm³/mol. The molecule has 1 N–H and O–H groups in total. The van der Waals surface area contributed by atoms with E-state index in [1.807, 2.05) is 0 Å². The van der Waals surface area contributed by atoms with Gasteiger partial charge < -0.3 is 0 Å². The lowest BCUT2D eigenvalue weighted by Crippen LogP contribution is -1.95. The minimum Gasteiger partial charge on any atom is -0.260 e. The van der Waals surface area contributed by atoms with Crippen LogP contribution < -0.4 is 5.43 Å². The third-order valence-corrected chi connectivity index (χ3v) is 2.77. The molecule has 102 valence electrons. The number of halogens is 2. The number of nitro groups is 1. The van der Waals surface area contributed by atoms with Gasteiger partial charge in [0.2, 0.25) is 0 Å². The van der Waals surface area contributed by atoms with Gasteiger partial charge in [-0.2, -0.15) is 5.10 Å². The van der Waals surface area contributed by atoms with Crippen LogP contribution in [-0.2, 0) is 0 Å². The highest BCUT2D eigenvalue weighted by Gasteiger charge is 2.04. The average molecular weight is 311 g/mol. The normalized spacial score (nSPS) is 10.7. The number of hydrazone groups is 1. The van der Waals surface area contributed by atoms with Gasteiger partial charge in [0, 0.05) is 23.9 Å². The second-order valence-corrected chi connectivity index (χ2v) is 4.55. The Balaban J connectivity index is 2.10. The fraction of sp³-hybridized carbons (Fsp3) is 0. The van der Waals surface area contributed by atoms with Crippen LogP contribution >= 0.6 is 23.2 Å². The minimum absolute atomic E-state index is 0.00315. The molecule has 1 aromatic heterocycles. The number of aromatic nitrogens is 1. The smallest absolute Gasteiger partial charge is 0.260 e. The molecule has 6 nitrogen and oxygen atoms in total. The first-order chi connectivity index (χ1) is 9.56. The Morgan fingerprint density at radius 2 is 2.15 bits per heavy atom. The summed E-state index contributed by atoms with van der Waals surface area (Å²) in [4.78, 5) is 14.1. The van der Waals surface area contributed by atoms with Gasteiger partial charge >= 0.3 is 0 Å². The first-order valence-electron chi connectivity index (χ1n) is 5.41. The van der Waals surface area contributed by atoms with Crippen molar-refractivity contribution in [2.45, 2.75) is 0 Å². The Morgan fingerprint density at radius 1 is 1.35 bits per heavy atom. The van der Waals surface area contributed by atoms with Gasteiger partial charge in [0.1, 0.15) is 0 Å². The molecule has 0 amide bonds. The van der Waals surface area contributed by atoms with Crippen molar-refractivity contribution in [1.82, 2.24) is 4.98 Å². The molecule has 0 unspecified atom stereocenters. The van der Waals surface area contributed by atoms with Crippen molar-refractivity contribution in [2.75, 3.05) is 5.43 Å². The summed E-state index contributed by atoms with van der Waals surface area (Å²) >= 11 is 11.6. The number of hydrogen-bond acceptors (Lipinski definition) is 5. The van der Waals surface area contributed by atoms with E-state index in [4.69, 9.17) is 23.2 Å². The zero-order valence-corrected chi connectivity index (χ0v) is 11.5. The van der Waals surface area contributed by atoms with E-state index in [2.05, 4.69) is 15.5 Å². The molecule has 0 aliphatic carbocycles. The summed E-state index contributed by atoms with van der Waals surface area (Å²) < 4.78 is 0. The molecule has 1 heterocycles. The van der Waals surface area contributed by atoms with E-state index in [0.717, 1.165) is 0 Å². The van der Waals surface area contributed by atoms with Gasteiger partial charge in [0.25, 0.3) is 5.69 Å². The molecule has 0 bridgehead atoms. The zero-order chi connectivity index (χ0) is 14.5. The summed E-state index contributed by atoms with van der Waals surface area (Å²) in [7, 11) is 0. The summed E-state index contributed by atoms with van der Waals surface area (Å²) in [5.74, 6) is 0.345. The number of benzene rings is 1. The molecular formula is C12H8Cl2N4O2. The summed E-state index contributed by atoms with van der Waals surface area (Å²) in [5, 5.41) is 15.3. The third kappa shape index (κ3) is 3.66. The van der Waals surface area contributed by atoms with Gasteiger partial charge in [-0.1, -0.05) is 35.3 Å². The molecule has 0 fully saturated rings. The monoisotopic (exact) mass is 310 g/mol. The van der Waals surface area contributed by atoms with Crippen molar-refractivity contribution in [3.05, 3.63) is 62.3 Å². The number of nitro benzene ring substituents is 1. The number of pyridine rings is 1. The lowest BCUT2D eigenvalue weighted by molar-refractivity contribution is -0.384. The Bertz CT molecular complexity index is 676. The number of nitrogens with one attached hydrogen (secondary N) is 1. The average Bonchev–Trinajstić information content (AvgIpc) is 2.41. The SMILES string of the molecule is O=[N+]([O-])c1cccc(/C=N\Nc2ncc(Cl)cc2Cl)c1. The molecule has 8 heteroatoms. The van der Waals surface area contributed by atoms with E-state index in [1.54, 1.807) is 12.1 Å². The molecule has 0 saturated heterocycles. The third-order valence-electron chi connectivity index (χ3n) is 2.27. The van der Waals surface area contributed by atoms with E-state index in [-0.39, 0.29) is 5.69 Å². The van der Waals surface area contributed by atoms with Crippen molar-refractivity contribution in [1.29, 1.82) is 0 Å². The fourth-order valence-electron chi connectivity index (χ4n) is 1.38.